The maximum Gasteiger partial charge on any atom is 0.258 e. The van der Waals surface area contributed by atoms with Crippen LogP contribution in [0, 0.1) is 0 Å². The number of hydrogen-bond donors (Lipinski definition) is 2. The first kappa shape index (κ1) is 16.1. The lowest BCUT2D eigenvalue weighted by atomic mass is 10.3. The van der Waals surface area contributed by atoms with E-state index in [9.17, 15) is 9.59 Å². The van der Waals surface area contributed by atoms with Gasteiger partial charge in [-0.15, -0.1) is 0 Å². The second-order valence-corrected chi connectivity index (χ2v) is 5.20. The van der Waals surface area contributed by atoms with E-state index < -0.39 is 0 Å². The molecule has 0 aromatic heterocycles. The number of carbonyl (C=O) groups is 2. The van der Waals surface area contributed by atoms with E-state index in [-0.39, 0.29) is 25.0 Å². The van der Waals surface area contributed by atoms with Crippen LogP contribution in [0.2, 0.25) is 0 Å². The van der Waals surface area contributed by atoms with Gasteiger partial charge in [-0.1, -0.05) is 19.1 Å². The Balaban J connectivity index is 1.72. The lowest BCUT2D eigenvalue weighted by molar-refractivity contribution is -0.127. The van der Waals surface area contributed by atoms with Gasteiger partial charge >= 0.3 is 0 Å². The Labute approximate surface area is 130 Å². The van der Waals surface area contributed by atoms with E-state index in [1.54, 1.807) is 12.1 Å². The molecule has 1 aromatic rings. The van der Waals surface area contributed by atoms with Gasteiger partial charge in [-0.2, -0.15) is 0 Å². The van der Waals surface area contributed by atoms with E-state index in [4.69, 9.17) is 9.47 Å². The number of para-hydroxylation sites is 2. The Morgan fingerprint density at radius 1 is 1.14 bits per heavy atom. The molecule has 0 spiro atoms. The van der Waals surface area contributed by atoms with Gasteiger partial charge in [-0.3, -0.25) is 9.59 Å². The SMILES string of the molecule is CCCOc1ccccc1OCC(=O)NCC(=O)NC1CC1. The van der Waals surface area contributed by atoms with Gasteiger partial charge in [0, 0.05) is 6.04 Å². The van der Waals surface area contributed by atoms with Gasteiger partial charge in [-0.05, 0) is 31.4 Å². The van der Waals surface area contributed by atoms with Gasteiger partial charge in [0.15, 0.2) is 18.1 Å². The number of ether oxygens (including phenoxy) is 2. The van der Waals surface area contributed by atoms with E-state index in [1.807, 2.05) is 19.1 Å². The standard InChI is InChI=1S/C16H22N2O4/c1-2-9-21-13-5-3-4-6-14(13)22-11-16(20)17-10-15(19)18-12-7-8-12/h3-6,12H,2,7-11H2,1H3,(H,17,20)(H,18,19). The van der Waals surface area contributed by atoms with Crippen molar-refractivity contribution in [3.63, 3.8) is 0 Å². The minimum absolute atomic E-state index is 0.0212. The van der Waals surface area contributed by atoms with Crippen molar-refractivity contribution in [2.45, 2.75) is 32.2 Å². The lowest BCUT2D eigenvalue weighted by Gasteiger charge is -2.12. The molecule has 6 nitrogen and oxygen atoms in total. The molecule has 2 N–H and O–H groups in total. The molecule has 6 heteroatoms. The molecule has 0 aliphatic heterocycles. The normalized spacial score (nSPS) is 13.3. The maximum atomic E-state index is 11.7. The topological polar surface area (TPSA) is 76.7 Å². The van der Waals surface area contributed by atoms with Crippen LogP contribution >= 0.6 is 0 Å². The molecule has 2 rings (SSSR count). The fraction of sp³-hybridized carbons (Fsp3) is 0.500. The van der Waals surface area contributed by atoms with Gasteiger partial charge < -0.3 is 20.1 Å². The predicted octanol–water partition coefficient (Wildman–Crippen LogP) is 1.25. The fourth-order valence-corrected chi connectivity index (χ4v) is 1.78. The Kier molecular flexibility index (Phi) is 6.06. The second kappa shape index (κ2) is 8.26. The number of carbonyl (C=O) groups excluding carboxylic acids is 2. The van der Waals surface area contributed by atoms with Crippen LogP contribution in [-0.4, -0.2) is 37.6 Å². The van der Waals surface area contributed by atoms with Crippen molar-refractivity contribution in [2.75, 3.05) is 19.8 Å². The summed E-state index contributed by atoms with van der Waals surface area (Å²) < 4.78 is 11.0. The van der Waals surface area contributed by atoms with Crippen molar-refractivity contribution in [3.05, 3.63) is 24.3 Å². The Morgan fingerprint density at radius 2 is 1.82 bits per heavy atom. The number of amides is 2. The monoisotopic (exact) mass is 306 g/mol. The summed E-state index contributed by atoms with van der Waals surface area (Å²) in [6.07, 6.45) is 2.94. The summed E-state index contributed by atoms with van der Waals surface area (Å²) in [5.41, 5.74) is 0. The molecular formula is C16H22N2O4. The average Bonchev–Trinajstić information content (AvgIpc) is 3.33. The minimum Gasteiger partial charge on any atom is -0.490 e. The zero-order chi connectivity index (χ0) is 15.8. The van der Waals surface area contributed by atoms with Crippen LogP contribution in [0.25, 0.3) is 0 Å². The van der Waals surface area contributed by atoms with Gasteiger partial charge in [0.25, 0.3) is 5.91 Å². The first-order valence-corrected chi connectivity index (χ1v) is 7.59. The molecule has 0 bridgehead atoms. The third-order valence-corrected chi connectivity index (χ3v) is 3.06. The summed E-state index contributed by atoms with van der Waals surface area (Å²) in [6.45, 7) is 2.44. The van der Waals surface area contributed by atoms with E-state index in [0.29, 0.717) is 24.1 Å². The molecule has 1 aliphatic carbocycles. The Bertz CT molecular complexity index is 515. The fourth-order valence-electron chi connectivity index (χ4n) is 1.78. The highest BCUT2D eigenvalue weighted by atomic mass is 16.5. The van der Waals surface area contributed by atoms with Crippen LogP contribution in [-0.2, 0) is 9.59 Å². The summed E-state index contributed by atoms with van der Waals surface area (Å²) in [7, 11) is 0. The molecule has 1 aromatic carbocycles. The summed E-state index contributed by atoms with van der Waals surface area (Å²) >= 11 is 0. The van der Waals surface area contributed by atoms with Gasteiger partial charge in [0.1, 0.15) is 0 Å². The van der Waals surface area contributed by atoms with Crippen LogP contribution in [0.4, 0.5) is 0 Å². The number of nitrogens with one attached hydrogen (secondary N) is 2. The van der Waals surface area contributed by atoms with Crippen LogP contribution in [0.5, 0.6) is 11.5 Å². The molecular weight excluding hydrogens is 284 g/mol. The van der Waals surface area contributed by atoms with Crippen LogP contribution < -0.4 is 20.1 Å². The molecule has 1 aliphatic rings. The van der Waals surface area contributed by atoms with Crippen molar-refractivity contribution in [1.82, 2.24) is 10.6 Å². The quantitative estimate of drug-likeness (QED) is 0.720. The number of rotatable bonds is 9. The Hall–Kier alpha value is -2.24. The van der Waals surface area contributed by atoms with E-state index in [1.165, 1.54) is 0 Å². The molecule has 0 unspecified atom stereocenters. The molecule has 0 heterocycles. The third-order valence-electron chi connectivity index (χ3n) is 3.06. The van der Waals surface area contributed by atoms with Gasteiger partial charge in [0.2, 0.25) is 5.91 Å². The average molecular weight is 306 g/mol. The summed E-state index contributed by atoms with van der Waals surface area (Å²) in [6, 6.07) is 7.50. The lowest BCUT2D eigenvalue weighted by Crippen LogP contribution is -2.39. The molecule has 1 saturated carbocycles. The van der Waals surface area contributed by atoms with Crippen molar-refractivity contribution in [2.24, 2.45) is 0 Å². The summed E-state index contributed by atoms with van der Waals surface area (Å²) in [5, 5.41) is 5.33. The van der Waals surface area contributed by atoms with Crippen LogP contribution in [0.15, 0.2) is 24.3 Å². The van der Waals surface area contributed by atoms with Gasteiger partial charge in [0.05, 0.1) is 13.2 Å². The molecule has 2 amide bonds. The summed E-state index contributed by atoms with van der Waals surface area (Å²) in [5.74, 6) is 0.635. The number of benzene rings is 1. The number of hydrogen-bond acceptors (Lipinski definition) is 4. The van der Waals surface area contributed by atoms with Crippen molar-refractivity contribution >= 4 is 11.8 Å². The molecule has 0 radical (unpaired) electrons. The minimum atomic E-state index is -0.337. The Morgan fingerprint density at radius 3 is 2.45 bits per heavy atom. The first-order chi connectivity index (χ1) is 10.7. The van der Waals surface area contributed by atoms with E-state index in [0.717, 1.165) is 19.3 Å². The molecule has 22 heavy (non-hydrogen) atoms. The maximum absolute atomic E-state index is 11.7. The van der Waals surface area contributed by atoms with Gasteiger partial charge in [-0.25, -0.2) is 0 Å². The van der Waals surface area contributed by atoms with E-state index >= 15 is 0 Å². The third kappa shape index (κ3) is 5.63. The van der Waals surface area contributed by atoms with Crippen molar-refractivity contribution in [3.8, 4) is 11.5 Å². The highest BCUT2D eigenvalue weighted by molar-refractivity contribution is 5.85. The largest absolute Gasteiger partial charge is 0.490 e. The molecule has 1 fully saturated rings. The molecule has 0 saturated heterocycles. The van der Waals surface area contributed by atoms with Crippen molar-refractivity contribution in [1.29, 1.82) is 0 Å². The van der Waals surface area contributed by atoms with E-state index in [2.05, 4.69) is 10.6 Å². The van der Waals surface area contributed by atoms with Crippen LogP contribution in [0.1, 0.15) is 26.2 Å². The first-order valence-electron chi connectivity index (χ1n) is 7.59. The summed E-state index contributed by atoms with van der Waals surface area (Å²) in [4.78, 5) is 23.1. The second-order valence-electron chi connectivity index (χ2n) is 5.20. The predicted molar refractivity (Wildman–Crippen MR) is 81.9 cm³/mol. The smallest absolute Gasteiger partial charge is 0.258 e. The van der Waals surface area contributed by atoms with Crippen LogP contribution in [0.3, 0.4) is 0 Å². The highest BCUT2D eigenvalue weighted by Gasteiger charge is 2.23. The highest BCUT2D eigenvalue weighted by Crippen LogP contribution is 2.26. The molecule has 0 atom stereocenters. The molecule has 120 valence electrons. The zero-order valence-electron chi connectivity index (χ0n) is 12.8. The van der Waals surface area contributed by atoms with Crippen molar-refractivity contribution < 1.29 is 19.1 Å². The zero-order valence-corrected chi connectivity index (χ0v) is 12.8.